The summed E-state index contributed by atoms with van der Waals surface area (Å²) >= 11 is 0. The van der Waals surface area contributed by atoms with Gasteiger partial charge in [0.2, 0.25) is 11.8 Å². The zero-order chi connectivity index (χ0) is 23.2. The first-order chi connectivity index (χ1) is 16.0. The summed E-state index contributed by atoms with van der Waals surface area (Å²) in [5.74, 6) is -1.16. The number of nitrogens with one attached hydrogen (secondary N) is 3. The highest BCUT2D eigenvalue weighted by molar-refractivity contribution is 5.96. The second-order valence-electron chi connectivity index (χ2n) is 8.27. The van der Waals surface area contributed by atoms with Crippen LogP contribution in [0.5, 0.6) is 0 Å². The number of aromatic amines is 1. The van der Waals surface area contributed by atoms with E-state index in [4.69, 9.17) is 0 Å². The Bertz CT molecular complexity index is 1150. The molecule has 1 aliphatic rings. The Balaban J connectivity index is 1.24. The molecule has 4 rings (SSSR count). The molecule has 0 unspecified atom stereocenters. The van der Waals surface area contributed by atoms with Gasteiger partial charge < -0.3 is 20.5 Å². The number of carbonyl (C=O) groups excluding carboxylic acids is 3. The lowest BCUT2D eigenvalue weighted by molar-refractivity contribution is -0.134. The van der Waals surface area contributed by atoms with E-state index in [0.717, 1.165) is 22.9 Å². The van der Waals surface area contributed by atoms with Crippen molar-refractivity contribution in [3.8, 4) is 0 Å². The summed E-state index contributed by atoms with van der Waals surface area (Å²) in [6.07, 6.45) is 3.86. The van der Waals surface area contributed by atoms with Gasteiger partial charge in [0.15, 0.2) is 0 Å². The van der Waals surface area contributed by atoms with E-state index in [9.17, 15) is 18.8 Å². The minimum Gasteiger partial charge on any atom is -0.361 e. The Morgan fingerprint density at radius 1 is 1.09 bits per heavy atom. The monoisotopic (exact) mass is 450 g/mol. The summed E-state index contributed by atoms with van der Waals surface area (Å²) in [6.45, 7) is 1.24. The first kappa shape index (κ1) is 22.5. The zero-order valence-electron chi connectivity index (χ0n) is 18.3. The number of hydrogen-bond donors (Lipinski definition) is 3. The molecule has 8 heteroatoms. The van der Waals surface area contributed by atoms with Gasteiger partial charge in [-0.1, -0.05) is 18.2 Å². The van der Waals surface area contributed by atoms with Crippen molar-refractivity contribution in [2.24, 2.45) is 5.92 Å². The van der Waals surface area contributed by atoms with E-state index in [1.807, 2.05) is 12.3 Å². The van der Waals surface area contributed by atoms with Crippen molar-refractivity contribution < 1.29 is 18.8 Å². The van der Waals surface area contributed by atoms with Crippen molar-refractivity contribution in [3.05, 3.63) is 71.7 Å². The van der Waals surface area contributed by atoms with Gasteiger partial charge in [-0.05, 0) is 55.2 Å². The molecule has 0 bridgehead atoms. The number of aromatic nitrogens is 1. The highest BCUT2D eigenvalue weighted by Crippen LogP contribution is 2.20. The Labute approximate surface area is 191 Å². The number of carbonyl (C=O) groups is 3. The van der Waals surface area contributed by atoms with Crippen molar-refractivity contribution >= 4 is 28.6 Å². The van der Waals surface area contributed by atoms with Crippen LogP contribution in [0.2, 0.25) is 0 Å². The first-order valence-electron chi connectivity index (χ1n) is 11.2. The van der Waals surface area contributed by atoms with E-state index in [-0.39, 0.29) is 36.0 Å². The molecule has 3 N–H and O–H groups in total. The molecule has 3 aromatic rings. The quantitative estimate of drug-likeness (QED) is 0.517. The third-order valence-electron chi connectivity index (χ3n) is 6.00. The summed E-state index contributed by atoms with van der Waals surface area (Å²) in [7, 11) is 0. The van der Waals surface area contributed by atoms with Gasteiger partial charge >= 0.3 is 0 Å². The number of fused-ring (bicyclic) bond motifs is 1. The van der Waals surface area contributed by atoms with Crippen LogP contribution < -0.4 is 10.6 Å². The molecule has 0 spiro atoms. The number of benzene rings is 2. The molecule has 2 heterocycles. The molecular weight excluding hydrogens is 423 g/mol. The minimum absolute atomic E-state index is 0.0909. The van der Waals surface area contributed by atoms with Gasteiger partial charge in [0.05, 0.1) is 12.5 Å². The molecule has 172 valence electrons. The van der Waals surface area contributed by atoms with Crippen molar-refractivity contribution in [3.63, 3.8) is 0 Å². The third kappa shape index (κ3) is 5.58. The van der Waals surface area contributed by atoms with Crippen molar-refractivity contribution in [1.82, 2.24) is 20.5 Å². The van der Waals surface area contributed by atoms with Crippen LogP contribution in [0, 0.1) is 11.7 Å². The topological polar surface area (TPSA) is 94.3 Å². The van der Waals surface area contributed by atoms with Gasteiger partial charge in [-0.25, -0.2) is 4.39 Å². The Morgan fingerprint density at radius 2 is 1.91 bits per heavy atom. The minimum atomic E-state index is -0.299. The summed E-state index contributed by atoms with van der Waals surface area (Å²) in [5, 5.41) is 6.41. The zero-order valence-corrected chi connectivity index (χ0v) is 18.3. The van der Waals surface area contributed by atoms with Gasteiger partial charge in [0.1, 0.15) is 5.82 Å². The highest BCUT2D eigenvalue weighted by Gasteiger charge is 2.28. The molecule has 1 fully saturated rings. The predicted molar refractivity (Wildman–Crippen MR) is 123 cm³/mol. The summed E-state index contributed by atoms with van der Waals surface area (Å²) < 4.78 is 13.5. The van der Waals surface area contributed by atoms with E-state index in [1.165, 1.54) is 12.1 Å². The van der Waals surface area contributed by atoms with Crippen LogP contribution in [0.15, 0.2) is 54.7 Å². The smallest absolute Gasteiger partial charge is 0.251 e. The maximum absolute atomic E-state index is 13.5. The van der Waals surface area contributed by atoms with Gasteiger partial charge in [-0.15, -0.1) is 0 Å². The van der Waals surface area contributed by atoms with E-state index >= 15 is 0 Å². The standard InChI is InChI=1S/C25H27FN4O3/c26-20-8-9-22-21(13-20)18(14-28-22)10-11-27-25(33)19-7-4-12-30(16-19)23(31)15-29-24(32)17-5-2-1-3-6-17/h1-3,5-6,8-9,13-14,19,28H,4,7,10-12,15-16H2,(H,27,33)(H,29,32)/t19-/m0/s1. The van der Waals surface area contributed by atoms with E-state index in [1.54, 1.807) is 35.2 Å². The third-order valence-corrected chi connectivity index (χ3v) is 6.00. The molecule has 1 aliphatic heterocycles. The van der Waals surface area contributed by atoms with Crippen LogP contribution in [-0.2, 0) is 16.0 Å². The maximum Gasteiger partial charge on any atom is 0.251 e. The fourth-order valence-corrected chi connectivity index (χ4v) is 4.20. The fraction of sp³-hybridized carbons (Fsp3) is 0.320. The van der Waals surface area contributed by atoms with Gasteiger partial charge in [-0.2, -0.15) is 0 Å². The lowest BCUT2D eigenvalue weighted by Gasteiger charge is -2.32. The van der Waals surface area contributed by atoms with Crippen LogP contribution in [0.25, 0.3) is 10.9 Å². The van der Waals surface area contributed by atoms with E-state index in [0.29, 0.717) is 38.0 Å². The normalized spacial score (nSPS) is 15.9. The lowest BCUT2D eigenvalue weighted by atomic mass is 9.97. The molecule has 1 atom stereocenters. The van der Waals surface area contributed by atoms with Gasteiger partial charge in [0.25, 0.3) is 5.91 Å². The summed E-state index contributed by atoms with van der Waals surface area (Å²) in [6, 6.07) is 13.3. The van der Waals surface area contributed by atoms with Crippen LogP contribution in [0.3, 0.4) is 0 Å². The molecule has 1 aromatic heterocycles. The maximum atomic E-state index is 13.5. The van der Waals surface area contributed by atoms with Crippen LogP contribution >= 0.6 is 0 Å². The Morgan fingerprint density at radius 3 is 2.73 bits per heavy atom. The molecule has 7 nitrogen and oxygen atoms in total. The van der Waals surface area contributed by atoms with Crippen molar-refractivity contribution in [2.75, 3.05) is 26.2 Å². The number of amides is 3. The molecular formula is C25H27FN4O3. The number of piperidine rings is 1. The lowest BCUT2D eigenvalue weighted by Crippen LogP contribution is -2.48. The van der Waals surface area contributed by atoms with Crippen LogP contribution in [-0.4, -0.2) is 53.8 Å². The van der Waals surface area contributed by atoms with Crippen LogP contribution in [0.4, 0.5) is 4.39 Å². The fourth-order valence-electron chi connectivity index (χ4n) is 4.20. The summed E-state index contributed by atoms with van der Waals surface area (Å²) in [4.78, 5) is 42.1. The molecule has 3 amide bonds. The number of rotatable bonds is 7. The molecule has 0 radical (unpaired) electrons. The number of nitrogens with zero attached hydrogens (tertiary/aromatic N) is 1. The van der Waals surface area contributed by atoms with Gasteiger partial charge in [0, 0.05) is 42.3 Å². The van der Waals surface area contributed by atoms with Crippen molar-refractivity contribution in [1.29, 1.82) is 0 Å². The van der Waals surface area contributed by atoms with Gasteiger partial charge in [-0.3, -0.25) is 14.4 Å². The Hall–Kier alpha value is -3.68. The number of likely N-dealkylation sites (tertiary alicyclic amines) is 1. The van der Waals surface area contributed by atoms with Crippen molar-refractivity contribution in [2.45, 2.75) is 19.3 Å². The number of hydrogen-bond acceptors (Lipinski definition) is 3. The summed E-state index contributed by atoms with van der Waals surface area (Å²) in [5.41, 5.74) is 2.30. The first-order valence-corrected chi connectivity index (χ1v) is 11.2. The average molecular weight is 451 g/mol. The average Bonchev–Trinajstić information content (AvgIpc) is 3.24. The highest BCUT2D eigenvalue weighted by atomic mass is 19.1. The Kier molecular flexibility index (Phi) is 7.02. The van der Waals surface area contributed by atoms with Crippen LogP contribution in [0.1, 0.15) is 28.8 Å². The molecule has 2 aromatic carbocycles. The van der Waals surface area contributed by atoms with E-state index < -0.39 is 0 Å². The number of halogens is 1. The molecule has 1 saturated heterocycles. The second kappa shape index (κ2) is 10.3. The molecule has 33 heavy (non-hydrogen) atoms. The largest absolute Gasteiger partial charge is 0.361 e. The SMILES string of the molecule is O=C(NCC(=O)N1CCC[C@H](C(=O)NCCc2c[nH]c3ccc(F)cc23)C1)c1ccccc1. The second-order valence-corrected chi connectivity index (χ2v) is 8.27. The molecule has 0 saturated carbocycles. The predicted octanol–water partition coefficient (Wildman–Crippen LogP) is 2.63. The molecule has 0 aliphatic carbocycles. The van der Waals surface area contributed by atoms with E-state index in [2.05, 4.69) is 15.6 Å². The number of H-pyrrole nitrogens is 1.